The fourth-order valence-electron chi connectivity index (χ4n) is 4.27. The number of aliphatic hydroxyl groups is 1. The highest BCUT2D eigenvalue weighted by molar-refractivity contribution is 6.42. The Morgan fingerprint density at radius 2 is 2.05 bits per heavy atom. The van der Waals surface area contributed by atoms with E-state index in [4.69, 9.17) is 23.2 Å². The number of benzene rings is 1. The van der Waals surface area contributed by atoms with Gasteiger partial charge < -0.3 is 5.11 Å². The fraction of sp³-hybridized carbons (Fsp3) is 0.588. The lowest BCUT2D eigenvalue weighted by molar-refractivity contribution is -0.128. The van der Waals surface area contributed by atoms with Crippen molar-refractivity contribution in [2.75, 3.05) is 7.05 Å². The van der Waals surface area contributed by atoms with E-state index in [1.165, 1.54) is 0 Å². The van der Waals surface area contributed by atoms with Gasteiger partial charge in [0.05, 0.1) is 16.1 Å². The van der Waals surface area contributed by atoms with Gasteiger partial charge in [-0.05, 0) is 43.5 Å². The van der Waals surface area contributed by atoms with E-state index < -0.39 is 6.10 Å². The first-order chi connectivity index (χ1) is 10.4. The van der Waals surface area contributed by atoms with Crippen LogP contribution in [0.1, 0.15) is 37.7 Å². The summed E-state index contributed by atoms with van der Waals surface area (Å²) in [7, 11) is 2.02. The summed E-state index contributed by atoms with van der Waals surface area (Å²) < 4.78 is 0. The van der Waals surface area contributed by atoms with Crippen LogP contribution < -0.4 is 0 Å². The van der Waals surface area contributed by atoms with Crippen molar-refractivity contribution in [2.24, 2.45) is 5.92 Å². The SMILES string of the molecule is CCC(=O)C1C2[C@H](O)CC(C[C@@H]1c1ccc(Cl)c(Cl)c1)N2C. The van der Waals surface area contributed by atoms with Gasteiger partial charge in [-0.1, -0.05) is 36.2 Å². The molecule has 3 unspecified atom stereocenters. The van der Waals surface area contributed by atoms with Crippen LogP contribution in [0.3, 0.4) is 0 Å². The number of Topliss-reactive ketones (excluding diaryl/α,β-unsaturated/α-hetero) is 1. The summed E-state index contributed by atoms with van der Waals surface area (Å²) >= 11 is 12.2. The third kappa shape index (κ3) is 2.58. The lowest BCUT2D eigenvalue weighted by Gasteiger charge is -2.43. The van der Waals surface area contributed by atoms with Crippen molar-refractivity contribution in [3.63, 3.8) is 0 Å². The maximum Gasteiger partial charge on any atom is 0.137 e. The maximum atomic E-state index is 12.6. The van der Waals surface area contributed by atoms with E-state index in [-0.39, 0.29) is 23.7 Å². The molecular weight excluding hydrogens is 321 g/mol. The van der Waals surface area contributed by atoms with Gasteiger partial charge in [-0.15, -0.1) is 0 Å². The van der Waals surface area contributed by atoms with Gasteiger partial charge >= 0.3 is 0 Å². The van der Waals surface area contributed by atoms with Crippen LogP contribution in [0.25, 0.3) is 0 Å². The zero-order valence-corrected chi connectivity index (χ0v) is 14.3. The van der Waals surface area contributed by atoms with Gasteiger partial charge in [-0.2, -0.15) is 0 Å². The average molecular weight is 342 g/mol. The molecule has 2 saturated heterocycles. The van der Waals surface area contributed by atoms with Gasteiger partial charge in [-0.25, -0.2) is 0 Å². The molecule has 0 spiro atoms. The number of hydrogen-bond acceptors (Lipinski definition) is 3. The molecule has 1 N–H and O–H groups in total. The predicted octanol–water partition coefficient (Wildman–Crippen LogP) is 3.51. The third-order valence-electron chi connectivity index (χ3n) is 5.37. The number of likely N-dealkylation sites (N-methyl/N-ethyl adjacent to an activating group) is 1. The van der Waals surface area contributed by atoms with Crippen LogP contribution in [-0.2, 0) is 4.79 Å². The summed E-state index contributed by atoms with van der Waals surface area (Å²) in [6.07, 6.45) is 1.68. The molecule has 2 bridgehead atoms. The molecule has 0 amide bonds. The third-order valence-corrected chi connectivity index (χ3v) is 6.11. The zero-order valence-electron chi connectivity index (χ0n) is 12.8. The number of halogens is 2. The molecule has 0 aliphatic carbocycles. The van der Waals surface area contributed by atoms with Crippen LogP contribution in [0.15, 0.2) is 18.2 Å². The van der Waals surface area contributed by atoms with Crippen molar-refractivity contribution in [3.8, 4) is 0 Å². The number of ketones is 1. The van der Waals surface area contributed by atoms with Gasteiger partial charge in [0.2, 0.25) is 0 Å². The number of rotatable bonds is 3. The Bertz CT molecular complexity index is 592. The summed E-state index contributed by atoms with van der Waals surface area (Å²) in [6, 6.07) is 5.86. The number of fused-ring (bicyclic) bond motifs is 2. The molecule has 22 heavy (non-hydrogen) atoms. The average Bonchev–Trinajstić information content (AvgIpc) is 2.68. The van der Waals surface area contributed by atoms with Gasteiger partial charge in [0, 0.05) is 24.4 Å². The highest BCUT2D eigenvalue weighted by atomic mass is 35.5. The van der Waals surface area contributed by atoms with Crippen molar-refractivity contribution in [3.05, 3.63) is 33.8 Å². The fourth-order valence-corrected chi connectivity index (χ4v) is 4.58. The van der Waals surface area contributed by atoms with E-state index in [1.807, 2.05) is 26.1 Å². The van der Waals surface area contributed by atoms with E-state index in [2.05, 4.69) is 4.90 Å². The largest absolute Gasteiger partial charge is 0.391 e. The molecule has 2 aliphatic heterocycles. The number of hydrogen-bond donors (Lipinski definition) is 1. The molecule has 3 rings (SSSR count). The first-order valence-electron chi connectivity index (χ1n) is 7.81. The van der Waals surface area contributed by atoms with E-state index >= 15 is 0 Å². The smallest absolute Gasteiger partial charge is 0.137 e. The van der Waals surface area contributed by atoms with Gasteiger partial charge in [-0.3, -0.25) is 9.69 Å². The summed E-state index contributed by atoms with van der Waals surface area (Å²) in [5.41, 5.74) is 1.05. The van der Waals surface area contributed by atoms with E-state index in [1.54, 1.807) is 6.07 Å². The first kappa shape index (κ1) is 16.3. The minimum absolute atomic E-state index is 0.0920. The summed E-state index contributed by atoms with van der Waals surface area (Å²) in [5, 5.41) is 11.5. The molecule has 120 valence electrons. The van der Waals surface area contributed by atoms with Gasteiger partial charge in [0.15, 0.2) is 0 Å². The highest BCUT2D eigenvalue weighted by Crippen LogP contribution is 2.47. The van der Waals surface area contributed by atoms with E-state index in [9.17, 15) is 9.90 Å². The number of piperidine rings is 1. The number of carbonyl (C=O) groups is 1. The lowest BCUT2D eigenvalue weighted by atomic mass is 9.73. The molecule has 0 saturated carbocycles. The Balaban J connectivity index is 2.01. The molecule has 2 aliphatic rings. The molecule has 2 fully saturated rings. The second-order valence-electron chi connectivity index (χ2n) is 6.47. The Morgan fingerprint density at radius 3 is 2.68 bits per heavy atom. The molecule has 5 heteroatoms. The second kappa shape index (κ2) is 6.12. The van der Waals surface area contributed by atoms with Crippen molar-refractivity contribution >= 4 is 29.0 Å². The predicted molar refractivity (Wildman–Crippen MR) is 88.6 cm³/mol. The van der Waals surface area contributed by atoms with Crippen molar-refractivity contribution in [1.29, 1.82) is 0 Å². The Kier molecular flexibility index (Phi) is 4.52. The summed E-state index contributed by atoms with van der Waals surface area (Å²) in [5.74, 6) is 0.138. The minimum atomic E-state index is -0.428. The topological polar surface area (TPSA) is 40.5 Å². The molecule has 3 nitrogen and oxygen atoms in total. The van der Waals surface area contributed by atoms with Crippen LogP contribution in [0, 0.1) is 5.92 Å². The summed E-state index contributed by atoms with van der Waals surface area (Å²) in [4.78, 5) is 14.8. The van der Waals surface area contributed by atoms with Crippen LogP contribution in [-0.4, -0.2) is 41.0 Å². The molecule has 2 heterocycles. The lowest BCUT2D eigenvalue weighted by Crippen LogP contribution is -2.51. The Labute approximate surface area is 141 Å². The molecule has 0 aromatic heterocycles. The first-order valence-corrected chi connectivity index (χ1v) is 8.57. The Hall–Kier alpha value is -0.610. The maximum absolute atomic E-state index is 12.6. The highest BCUT2D eigenvalue weighted by Gasteiger charge is 2.52. The van der Waals surface area contributed by atoms with Crippen LogP contribution in [0.5, 0.6) is 0 Å². The quantitative estimate of drug-likeness (QED) is 0.914. The van der Waals surface area contributed by atoms with E-state index in [0.29, 0.717) is 22.5 Å². The standard InChI is InChI=1S/C17H21Cl2NO2/c1-3-14(21)16-11(9-4-5-12(18)13(19)6-9)7-10-8-15(22)17(16)20(10)2/h4-6,10-11,15-17,22H,3,7-8H2,1-2H3/t10?,11-,15-,16?,17?/m1/s1. The molecule has 1 aromatic rings. The van der Waals surface area contributed by atoms with Crippen molar-refractivity contribution in [2.45, 2.75) is 50.3 Å². The number of aliphatic hydroxyl groups excluding tert-OH is 1. The monoisotopic (exact) mass is 341 g/mol. The van der Waals surface area contributed by atoms with Crippen LogP contribution >= 0.6 is 23.2 Å². The van der Waals surface area contributed by atoms with Gasteiger partial charge in [0.25, 0.3) is 0 Å². The van der Waals surface area contributed by atoms with Crippen molar-refractivity contribution < 1.29 is 9.90 Å². The minimum Gasteiger partial charge on any atom is -0.391 e. The number of nitrogens with zero attached hydrogens (tertiary/aromatic N) is 1. The zero-order chi connectivity index (χ0) is 16.0. The Morgan fingerprint density at radius 1 is 1.32 bits per heavy atom. The molecular formula is C17H21Cl2NO2. The van der Waals surface area contributed by atoms with Crippen molar-refractivity contribution in [1.82, 2.24) is 4.90 Å². The summed E-state index contributed by atoms with van der Waals surface area (Å²) in [6.45, 7) is 1.89. The van der Waals surface area contributed by atoms with E-state index in [0.717, 1.165) is 18.4 Å². The normalized spacial score (nSPS) is 34.9. The second-order valence-corrected chi connectivity index (χ2v) is 7.29. The number of carbonyl (C=O) groups excluding carboxylic acids is 1. The molecule has 5 atom stereocenters. The van der Waals surface area contributed by atoms with Gasteiger partial charge in [0.1, 0.15) is 5.78 Å². The van der Waals surface area contributed by atoms with Crippen LogP contribution in [0.2, 0.25) is 10.0 Å². The van der Waals surface area contributed by atoms with Crippen LogP contribution in [0.4, 0.5) is 0 Å². The molecule has 0 radical (unpaired) electrons. The molecule has 1 aromatic carbocycles.